The minimum Gasteiger partial charge on any atom is -0.495 e. The summed E-state index contributed by atoms with van der Waals surface area (Å²) in [7, 11) is 1.62. The Balaban J connectivity index is 0.000000502. The molecule has 0 aromatic carbocycles. The molecule has 0 aliphatic rings. The van der Waals surface area contributed by atoms with Crippen LogP contribution in [0.3, 0.4) is 0 Å². The SMILES string of the molecule is CC(C)c1c(F)cncc1C(F)(F)F.COc1cncc(Cl)c1C(C)C.Cc1c(C(C)C)c(Br)c[nH]c1=O.Cc1c[nH]c(=O)c(C)c1C(C)C.Cc1cc(C(C)C)c(C#N)c(=O)[nH]1.Cc1cncc(F)c1C(C)C.Cc1ncc(Cl)c(C(C)C)c1F. The first-order valence-corrected chi connectivity index (χ1v) is 29.3. The lowest BCUT2D eigenvalue weighted by molar-refractivity contribution is -0.138. The molecule has 12 nitrogen and oxygen atoms in total. The van der Waals surface area contributed by atoms with Crippen LogP contribution >= 0.6 is 39.1 Å². The van der Waals surface area contributed by atoms with E-state index in [0.29, 0.717) is 45.3 Å². The predicted octanol–water partition coefficient (Wildman–Crippen LogP) is 18.6. The van der Waals surface area contributed by atoms with Gasteiger partial charge in [-0.1, -0.05) is 120 Å². The lowest BCUT2D eigenvalue weighted by atomic mass is 9.96. The molecule has 0 unspecified atom stereocenters. The number of nitriles is 1. The first kappa shape index (κ1) is 77.4. The molecular formula is C65H83BrCl2F6N8O4. The second-order valence-corrected chi connectivity index (χ2v) is 23.9. The van der Waals surface area contributed by atoms with Gasteiger partial charge in [0.2, 0.25) is 0 Å². The molecule has 0 atom stereocenters. The summed E-state index contributed by atoms with van der Waals surface area (Å²) in [6.45, 7) is 38.3. The van der Waals surface area contributed by atoms with Gasteiger partial charge in [-0.05, 0) is 138 Å². The van der Waals surface area contributed by atoms with Crippen molar-refractivity contribution in [3.8, 4) is 11.8 Å². The fourth-order valence-electron chi connectivity index (χ4n) is 9.07. The zero-order chi connectivity index (χ0) is 66.4. The van der Waals surface area contributed by atoms with Gasteiger partial charge in [0.25, 0.3) is 16.7 Å². The van der Waals surface area contributed by atoms with Gasteiger partial charge in [0.15, 0.2) is 0 Å². The minimum atomic E-state index is -4.55. The normalized spacial score (nSPS) is 10.8. The maximum absolute atomic E-state index is 13.4. The first-order valence-electron chi connectivity index (χ1n) is 27.8. The number of rotatable bonds is 8. The van der Waals surface area contributed by atoms with E-state index in [9.17, 15) is 40.7 Å². The van der Waals surface area contributed by atoms with Crippen LogP contribution in [0.5, 0.6) is 5.75 Å². The van der Waals surface area contributed by atoms with E-state index in [2.05, 4.69) is 92.4 Å². The van der Waals surface area contributed by atoms with E-state index < -0.39 is 23.5 Å². The number of pyridine rings is 7. The number of halogens is 9. The van der Waals surface area contributed by atoms with Crippen LogP contribution in [0.4, 0.5) is 26.3 Å². The van der Waals surface area contributed by atoms with Crippen LogP contribution < -0.4 is 21.4 Å². The molecule has 0 fully saturated rings. The molecule has 7 aromatic rings. The number of H-pyrrole nitrogens is 3. The van der Waals surface area contributed by atoms with Crippen molar-refractivity contribution in [1.29, 1.82) is 5.26 Å². The van der Waals surface area contributed by atoms with Gasteiger partial charge in [0.1, 0.15) is 34.8 Å². The molecule has 0 radical (unpaired) electrons. The molecular weight excluding hydrogens is 1220 g/mol. The van der Waals surface area contributed by atoms with E-state index >= 15 is 0 Å². The van der Waals surface area contributed by atoms with E-state index in [1.54, 1.807) is 45.0 Å². The lowest BCUT2D eigenvalue weighted by Crippen LogP contribution is -2.15. The van der Waals surface area contributed by atoms with Crippen molar-refractivity contribution in [2.24, 2.45) is 0 Å². The third-order valence-corrected chi connectivity index (χ3v) is 14.3. The number of ether oxygens (including phenoxy) is 1. The Morgan fingerprint density at radius 1 is 0.558 bits per heavy atom. The molecule has 0 aliphatic heterocycles. The van der Waals surface area contributed by atoms with Crippen molar-refractivity contribution in [1.82, 2.24) is 34.9 Å². The van der Waals surface area contributed by atoms with Crippen molar-refractivity contribution in [2.75, 3.05) is 7.11 Å². The van der Waals surface area contributed by atoms with Gasteiger partial charge >= 0.3 is 6.18 Å². The number of methoxy groups -OCH3 is 1. The zero-order valence-corrected chi connectivity index (χ0v) is 56.2. The van der Waals surface area contributed by atoms with Gasteiger partial charge in [-0.3, -0.25) is 34.3 Å². The van der Waals surface area contributed by atoms with E-state index in [-0.39, 0.29) is 57.2 Å². The van der Waals surface area contributed by atoms with Crippen molar-refractivity contribution >= 4 is 39.1 Å². The summed E-state index contributed by atoms with van der Waals surface area (Å²) in [5.74, 6) is 0.553. The van der Waals surface area contributed by atoms with E-state index in [1.165, 1.54) is 37.4 Å². The fraction of sp³-hybridized carbons (Fsp3) is 0.446. The highest BCUT2D eigenvalue weighted by molar-refractivity contribution is 9.10. The van der Waals surface area contributed by atoms with E-state index in [4.69, 9.17) is 33.2 Å². The zero-order valence-electron chi connectivity index (χ0n) is 53.1. The third kappa shape index (κ3) is 22.9. The Bertz CT molecular complexity index is 3470. The highest BCUT2D eigenvalue weighted by Gasteiger charge is 2.35. The Kier molecular flexibility index (Phi) is 32.3. The van der Waals surface area contributed by atoms with Crippen LogP contribution in [0, 0.1) is 70.3 Å². The minimum absolute atomic E-state index is 0.00176. The lowest BCUT2D eigenvalue weighted by Gasteiger charge is -2.15. The summed E-state index contributed by atoms with van der Waals surface area (Å²) >= 11 is 15.2. The number of aryl methyl sites for hydroxylation is 4. The molecule has 470 valence electrons. The van der Waals surface area contributed by atoms with Gasteiger partial charge in [0.05, 0.1) is 47.0 Å². The average Bonchev–Trinajstić information content (AvgIpc) is 2.32. The van der Waals surface area contributed by atoms with Gasteiger partial charge < -0.3 is 19.7 Å². The quantitative estimate of drug-likeness (QED) is 0.125. The van der Waals surface area contributed by atoms with Crippen LogP contribution in [-0.4, -0.2) is 42.0 Å². The molecule has 7 rings (SSSR count). The van der Waals surface area contributed by atoms with Gasteiger partial charge in [0, 0.05) is 75.2 Å². The largest absolute Gasteiger partial charge is 0.495 e. The molecule has 0 saturated carbocycles. The topological polar surface area (TPSA) is 183 Å². The van der Waals surface area contributed by atoms with Crippen molar-refractivity contribution in [3.63, 3.8) is 0 Å². The molecule has 0 amide bonds. The Morgan fingerprint density at radius 3 is 1.40 bits per heavy atom. The van der Waals surface area contributed by atoms with E-state index in [1.807, 2.05) is 88.3 Å². The summed E-state index contributed by atoms with van der Waals surface area (Å²) in [5, 5.41) is 9.85. The van der Waals surface area contributed by atoms with Crippen molar-refractivity contribution < 1.29 is 31.1 Å². The molecule has 3 N–H and O–H groups in total. The monoisotopic (exact) mass is 1300 g/mol. The number of aromatic nitrogens is 7. The fourth-order valence-corrected chi connectivity index (χ4v) is 10.7. The molecule has 0 aliphatic carbocycles. The summed E-state index contributed by atoms with van der Waals surface area (Å²) in [6, 6.07) is 3.78. The van der Waals surface area contributed by atoms with Gasteiger partial charge in [-0.2, -0.15) is 18.4 Å². The standard InChI is InChI=1S/C10H12N2O.C10H15NO.C9H12BrNO.C9H11ClFN.C9H12ClNO.C9H9F4N.C9H12FN/c1-6(2)8-4-7(3)12-10(13)9(8)5-11;1-6(2)9-7(3)5-11-10(12)8(9)4;1-5(2)8-6(3)9(12)11-4-7(8)10;1-5(2)8-7(10)4-12-6(3)9(8)11;1-6(2)9-7(10)4-11-5-8(9)12-3;1-5(2)8-6(9(11,12)13)3-14-4-7(8)10;1-6(2)9-7(3)4-11-5-8(9)10/h4,6H,1-3H3,(H,12,13);5-6H,1-4H3,(H,11,12);4-5H,1-3H3,(H,11,12);4-5H,1-3H3;4-6H,1-3H3;3-5H,1-2H3;4-6H,1-3H3. The van der Waals surface area contributed by atoms with Gasteiger partial charge in [-0.25, -0.2) is 13.2 Å². The third-order valence-electron chi connectivity index (χ3n) is 13.0. The molecule has 0 bridgehead atoms. The highest BCUT2D eigenvalue weighted by Crippen LogP contribution is 2.36. The Labute approximate surface area is 521 Å². The molecule has 21 heteroatoms. The first-order chi connectivity index (χ1) is 39.8. The van der Waals surface area contributed by atoms with Crippen molar-refractivity contribution in [2.45, 2.75) is 186 Å². The van der Waals surface area contributed by atoms with Crippen LogP contribution in [0.2, 0.25) is 10.0 Å². The second-order valence-electron chi connectivity index (χ2n) is 22.2. The number of nitrogens with zero attached hydrogens (tertiary/aromatic N) is 5. The molecule has 0 spiro atoms. The molecule has 0 saturated heterocycles. The number of aromatic amines is 3. The maximum Gasteiger partial charge on any atom is 0.418 e. The van der Waals surface area contributed by atoms with Crippen LogP contribution in [0.25, 0.3) is 0 Å². The summed E-state index contributed by atoms with van der Waals surface area (Å²) in [6.07, 6.45) is 8.16. The second kappa shape index (κ2) is 35.9. The number of nitrogens with one attached hydrogen (secondary N) is 3. The van der Waals surface area contributed by atoms with Crippen LogP contribution in [-0.2, 0) is 6.18 Å². The Hall–Kier alpha value is -6.62. The van der Waals surface area contributed by atoms with Crippen LogP contribution in [0.15, 0.2) is 80.7 Å². The van der Waals surface area contributed by atoms with Crippen LogP contribution in [0.1, 0.15) is 222 Å². The average molecular weight is 1310 g/mol. The highest BCUT2D eigenvalue weighted by atomic mass is 79.9. The summed E-state index contributed by atoms with van der Waals surface area (Å²) < 4.78 is 82.7. The summed E-state index contributed by atoms with van der Waals surface area (Å²) in [5.41, 5.74) is 9.08. The maximum atomic E-state index is 13.4. The number of hydrogen-bond acceptors (Lipinski definition) is 9. The smallest absolute Gasteiger partial charge is 0.418 e. The van der Waals surface area contributed by atoms with E-state index in [0.717, 1.165) is 61.1 Å². The molecule has 7 aromatic heterocycles. The molecule has 86 heavy (non-hydrogen) atoms. The number of hydrogen-bond donors (Lipinski definition) is 3. The predicted molar refractivity (Wildman–Crippen MR) is 339 cm³/mol. The Morgan fingerprint density at radius 2 is 1.01 bits per heavy atom. The van der Waals surface area contributed by atoms with Crippen molar-refractivity contribution in [3.05, 3.63) is 209 Å². The summed E-state index contributed by atoms with van der Waals surface area (Å²) in [4.78, 5) is 56.5. The molecule has 7 heterocycles. The number of alkyl halides is 3. The van der Waals surface area contributed by atoms with Gasteiger partial charge in [-0.15, -0.1) is 0 Å².